The van der Waals surface area contributed by atoms with E-state index in [4.69, 9.17) is 10.00 Å². The fourth-order valence-electron chi connectivity index (χ4n) is 1.04. The molecule has 0 bridgehead atoms. The van der Waals surface area contributed by atoms with Crippen molar-refractivity contribution < 1.29 is 9.53 Å². The SMILES string of the molecule is CN(CCC#N)C(=O)OCc1ccccn1. The van der Waals surface area contributed by atoms with E-state index in [1.165, 1.54) is 4.90 Å². The second-order valence-corrected chi connectivity index (χ2v) is 3.21. The summed E-state index contributed by atoms with van der Waals surface area (Å²) < 4.78 is 5.00. The standard InChI is InChI=1S/C11H13N3O2/c1-14(8-4-6-12)11(15)16-9-10-5-2-3-7-13-10/h2-3,5,7H,4,8-9H2,1H3. The van der Waals surface area contributed by atoms with Crippen molar-refractivity contribution in [3.05, 3.63) is 30.1 Å². The predicted molar refractivity (Wildman–Crippen MR) is 57.3 cm³/mol. The van der Waals surface area contributed by atoms with Crippen molar-refractivity contribution in [2.24, 2.45) is 0 Å². The van der Waals surface area contributed by atoms with Crippen LogP contribution >= 0.6 is 0 Å². The summed E-state index contributed by atoms with van der Waals surface area (Å²) in [5, 5.41) is 8.37. The number of pyridine rings is 1. The van der Waals surface area contributed by atoms with Gasteiger partial charge in [-0.15, -0.1) is 0 Å². The highest BCUT2D eigenvalue weighted by Gasteiger charge is 2.09. The third kappa shape index (κ3) is 3.96. The number of aromatic nitrogens is 1. The van der Waals surface area contributed by atoms with Gasteiger partial charge in [-0.1, -0.05) is 6.07 Å². The summed E-state index contributed by atoms with van der Waals surface area (Å²) in [6.45, 7) is 0.522. The summed E-state index contributed by atoms with van der Waals surface area (Å²) >= 11 is 0. The van der Waals surface area contributed by atoms with Crippen LogP contribution in [-0.2, 0) is 11.3 Å². The molecule has 0 N–H and O–H groups in total. The molecule has 0 atom stereocenters. The van der Waals surface area contributed by atoms with Gasteiger partial charge in [-0.2, -0.15) is 5.26 Å². The van der Waals surface area contributed by atoms with Crippen LogP contribution < -0.4 is 0 Å². The average Bonchev–Trinajstić information content (AvgIpc) is 2.34. The third-order valence-corrected chi connectivity index (χ3v) is 1.94. The zero-order valence-electron chi connectivity index (χ0n) is 9.09. The first-order chi connectivity index (χ1) is 7.74. The van der Waals surface area contributed by atoms with Crippen molar-refractivity contribution in [1.82, 2.24) is 9.88 Å². The van der Waals surface area contributed by atoms with E-state index in [0.717, 1.165) is 0 Å². The average molecular weight is 219 g/mol. The lowest BCUT2D eigenvalue weighted by Gasteiger charge is -2.14. The van der Waals surface area contributed by atoms with E-state index in [-0.39, 0.29) is 6.61 Å². The predicted octanol–water partition coefficient (Wildman–Crippen LogP) is 1.56. The highest BCUT2D eigenvalue weighted by atomic mass is 16.6. The maximum absolute atomic E-state index is 11.4. The van der Waals surface area contributed by atoms with Gasteiger partial charge in [-0.25, -0.2) is 4.79 Å². The van der Waals surface area contributed by atoms with E-state index in [0.29, 0.717) is 18.7 Å². The molecule has 0 saturated carbocycles. The Bertz CT molecular complexity index is 373. The fourth-order valence-corrected chi connectivity index (χ4v) is 1.04. The molecular weight excluding hydrogens is 206 g/mol. The van der Waals surface area contributed by atoms with Gasteiger partial charge in [-0.05, 0) is 12.1 Å². The molecule has 0 aliphatic heterocycles. The minimum absolute atomic E-state index is 0.149. The number of carbonyl (C=O) groups excluding carboxylic acids is 1. The van der Waals surface area contributed by atoms with Crippen LogP contribution in [0.1, 0.15) is 12.1 Å². The summed E-state index contributed by atoms with van der Waals surface area (Å²) in [5.41, 5.74) is 0.699. The highest BCUT2D eigenvalue weighted by molar-refractivity contribution is 5.67. The van der Waals surface area contributed by atoms with Crippen molar-refractivity contribution in [2.45, 2.75) is 13.0 Å². The lowest BCUT2D eigenvalue weighted by Crippen LogP contribution is -2.28. The van der Waals surface area contributed by atoms with Crippen molar-refractivity contribution in [1.29, 1.82) is 5.26 Å². The number of nitriles is 1. The zero-order valence-corrected chi connectivity index (χ0v) is 9.09. The van der Waals surface area contributed by atoms with Crippen molar-refractivity contribution in [3.63, 3.8) is 0 Å². The largest absolute Gasteiger partial charge is 0.443 e. The number of hydrogen-bond donors (Lipinski definition) is 0. The van der Waals surface area contributed by atoms with Crippen LogP contribution in [0.5, 0.6) is 0 Å². The zero-order chi connectivity index (χ0) is 11.8. The first kappa shape index (κ1) is 12.0. The molecule has 1 aromatic heterocycles. The van der Waals surface area contributed by atoms with Gasteiger partial charge in [0, 0.05) is 19.8 Å². The topological polar surface area (TPSA) is 66.2 Å². The quantitative estimate of drug-likeness (QED) is 0.770. The van der Waals surface area contributed by atoms with E-state index in [2.05, 4.69) is 4.98 Å². The maximum Gasteiger partial charge on any atom is 0.409 e. The van der Waals surface area contributed by atoms with Crippen LogP contribution in [0.3, 0.4) is 0 Å². The molecule has 0 spiro atoms. The van der Waals surface area contributed by atoms with E-state index >= 15 is 0 Å². The number of carbonyl (C=O) groups is 1. The Labute approximate surface area is 94.3 Å². The maximum atomic E-state index is 11.4. The van der Waals surface area contributed by atoms with Gasteiger partial charge in [0.05, 0.1) is 18.2 Å². The second-order valence-electron chi connectivity index (χ2n) is 3.21. The summed E-state index contributed by atoms with van der Waals surface area (Å²) in [6, 6.07) is 7.37. The van der Waals surface area contributed by atoms with Crippen molar-refractivity contribution >= 4 is 6.09 Å². The lowest BCUT2D eigenvalue weighted by atomic mass is 10.4. The number of rotatable bonds is 4. The fraction of sp³-hybridized carbons (Fsp3) is 0.364. The van der Waals surface area contributed by atoms with E-state index in [9.17, 15) is 4.79 Å². The van der Waals surface area contributed by atoms with E-state index in [1.807, 2.05) is 12.1 Å². The van der Waals surface area contributed by atoms with Gasteiger partial charge in [0.25, 0.3) is 0 Å². The monoisotopic (exact) mass is 219 g/mol. The molecule has 1 aromatic rings. The Morgan fingerprint density at radius 2 is 2.44 bits per heavy atom. The Morgan fingerprint density at radius 1 is 1.62 bits per heavy atom. The van der Waals surface area contributed by atoms with Gasteiger partial charge in [0.2, 0.25) is 0 Å². The second kappa shape index (κ2) is 6.40. The normalized spacial score (nSPS) is 9.25. The molecule has 5 heteroatoms. The van der Waals surface area contributed by atoms with E-state index < -0.39 is 6.09 Å². The first-order valence-electron chi connectivity index (χ1n) is 4.89. The van der Waals surface area contributed by atoms with Crippen LogP contribution in [-0.4, -0.2) is 29.6 Å². The number of nitrogens with zero attached hydrogens (tertiary/aromatic N) is 3. The highest BCUT2D eigenvalue weighted by Crippen LogP contribution is 1.99. The molecule has 1 rings (SSSR count). The third-order valence-electron chi connectivity index (χ3n) is 1.94. The summed E-state index contributed by atoms with van der Waals surface area (Å²) in [7, 11) is 1.60. The molecule has 0 unspecified atom stereocenters. The van der Waals surface area contributed by atoms with Crippen LogP contribution in [0.25, 0.3) is 0 Å². The molecule has 0 radical (unpaired) electrons. The van der Waals surface area contributed by atoms with Gasteiger partial charge >= 0.3 is 6.09 Å². The number of amides is 1. The summed E-state index contributed by atoms with van der Waals surface area (Å²) in [6.07, 6.45) is 1.50. The Morgan fingerprint density at radius 3 is 3.06 bits per heavy atom. The van der Waals surface area contributed by atoms with Gasteiger partial charge in [0.15, 0.2) is 0 Å². The van der Waals surface area contributed by atoms with Crippen LogP contribution in [0.2, 0.25) is 0 Å². The molecule has 5 nitrogen and oxygen atoms in total. The van der Waals surface area contributed by atoms with Crippen LogP contribution in [0, 0.1) is 11.3 Å². The molecule has 16 heavy (non-hydrogen) atoms. The minimum Gasteiger partial charge on any atom is -0.443 e. The van der Waals surface area contributed by atoms with Crippen LogP contribution in [0.4, 0.5) is 4.79 Å². The first-order valence-corrected chi connectivity index (χ1v) is 4.89. The molecule has 0 fully saturated rings. The van der Waals surface area contributed by atoms with Gasteiger partial charge in [-0.3, -0.25) is 4.98 Å². The number of hydrogen-bond acceptors (Lipinski definition) is 4. The molecule has 84 valence electrons. The minimum atomic E-state index is -0.444. The molecule has 0 aliphatic rings. The summed E-state index contributed by atoms with van der Waals surface area (Å²) in [5.74, 6) is 0. The summed E-state index contributed by atoms with van der Waals surface area (Å²) in [4.78, 5) is 16.8. The molecule has 0 aromatic carbocycles. The molecule has 0 saturated heterocycles. The smallest absolute Gasteiger partial charge is 0.409 e. The van der Waals surface area contributed by atoms with E-state index in [1.54, 1.807) is 25.4 Å². The Kier molecular flexibility index (Phi) is 4.80. The molecular formula is C11H13N3O2. The Hall–Kier alpha value is -2.09. The van der Waals surface area contributed by atoms with Crippen molar-refractivity contribution in [3.8, 4) is 6.07 Å². The van der Waals surface area contributed by atoms with Crippen molar-refractivity contribution in [2.75, 3.05) is 13.6 Å². The van der Waals surface area contributed by atoms with Gasteiger partial charge in [0.1, 0.15) is 6.61 Å². The molecule has 1 amide bonds. The molecule has 0 aliphatic carbocycles. The number of ether oxygens (including phenoxy) is 1. The molecule has 1 heterocycles. The van der Waals surface area contributed by atoms with Gasteiger partial charge < -0.3 is 9.64 Å². The lowest BCUT2D eigenvalue weighted by molar-refractivity contribution is 0.104. The van der Waals surface area contributed by atoms with Crippen LogP contribution in [0.15, 0.2) is 24.4 Å². The Balaban J connectivity index is 2.33.